The highest BCUT2D eigenvalue weighted by Crippen LogP contribution is 2.23. The molecule has 0 N–H and O–H groups in total. The van der Waals surface area contributed by atoms with Gasteiger partial charge in [0.15, 0.2) is 0 Å². The van der Waals surface area contributed by atoms with Crippen LogP contribution >= 0.6 is 0 Å². The number of rotatable bonds is 2. The topological polar surface area (TPSA) is 34.9 Å². The fourth-order valence-corrected chi connectivity index (χ4v) is 3.04. The Labute approximate surface area is 129 Å². The Balaban J connectivity index is 1.70. The summed E-state index contributed by atoms with van der Waals surface area (Å²) in [6.45, 7) is 0.697. The first-order valence-corrected chi connectivity index (χ1v) is 7.54. The van der Waals surface area contributed by atoms with Crippen LogP contribution in [0.5, 0.6) is 0 Å². The van der Waals surface area contributed by atoms with Crippen LogP contribution in [-0.4, -0.2) is 15.6 Å². The van der Waals surface area contributed by atoms with Crippen LogP contribution < -0.4 is 0 Å². The molecule has 0 amide bonds. The van der Waals surface area contributed by atoms with Crippen LogP contribution in [-0.2, 0) is 19.4 Å². The number of nitrogens with zero attached hydrogens (tertiary/aromatic N) is 2. The molecule has 3 heteroatoms. The smallest absolute Gasteiger partial charge is 0.213 e. The van der Waals surface area contributed by atoms with Gasteiger partial charge in [-0.25, -0.2) is 0 Å². The Hall–Kier alpha value is -2.68. The summed E-state index contributed by atoms with van der Waals surface area (Å²) in [4.78, 5) is 12.7. The van der Waals surface area contributed by atoms with Crippen LogP contribution in [0.2, 0.25) is 0 Å². The first-order chi connectivity index (χ1) is 10.8. The highest BCUT2D eigenvalue weighted by molar-refractivity contribution is 6.10. The van der Waals surface area contributed by atoms with E-state index in [-0.39, 0.29) is 5.78 Å². The van der Waals surface area contributed by atoms with Crippen molar-refractivity contribution in [3.05, 3.63) is 88.7 Å². The van der Waals surface area contributed by atoms with Gasteiger partial charge in [0, 0.05) is 17.3 Å². The highest BCUT2D eigenvalue weighted by Gasteiger charge is 2.24. The standard InChI is InChI=1S/C19H16N2O/c22-19-17-9-5-4-8-15(17)10-11-16-13-21(20-18(16)19)12-14-6-2-1-3-7-14/h1-9,13H,10-12H2. The molecular formula is C19H16N2O. The van der Waals surface area contributed by atoms with Crippen LogP contribution in [0.15, 0.2) is 60.8 Å². The number of carbonyl (C=O) groups is 1. The van der Waals surface area contributed by atoms with Gasteiger partial charge in [-0.15, -0.1) is 0 Å². The SMILES string of the molecule is O=C1c2ccccc2CCc2cn(Cc3ccccc3)nc21. The van der Waals surface area contributed by atoms with Gasteiger partial charge < -0.3 is 0 Å². The van der Waals surface area contributed by atoms with Crippen molar-refractivity contribution in [2.75, 3.05) is 0 Å². The van der Waals surface area contributed by atoms with E-state index in [1.807, 2.05) is 53.3 Å². The van der Waals surface area contributed by atoms with Crippen LogP contribution in [0.25, 0.3) is 0 Å². The Morgan fingerprint density at radius 1 is 0.909 bits per heavy atom. The molecule has 0 saturated heterocycles. The molecule has 3 aromatic rings. The van der Waals surface area contributed by atoms with Crippen LogP contribution in [0, 0.1) is 0 Å². The third kappa shape index (κ3) is 2.25. The zero-order valence-corrected chi connectivity index (χ0v) is 12.2. The number of hydrogen-bond donors (Lipinski definition) is 0. The van der Waals surface area contributed by atoms with Crippen molar-refractivity contribution < 1.29 is 4.79 Å². The van der Waals surface area contributed by atoms with E-state index in [9.17, 15) is 4.79 Å². The van der Waals surface area contributed by atoms with Crippen molar-refractivity contribution >= 4 is 5.78 Å². The van der Waals surface area contributed by atoms with Gasteiger partial charge in [0.2, 0.25) is 5.78 Å². The second-order valence-corrected chi connectivity index (χ2v) is 5.67. The molecule has 1 aromatic heterocycles. The van der Waals surface area contributed by atoms with Gasteiger partial charge in [-0.2, -0.15) is 5.10 Å². The molecule has 4 rings (SSSR count). The van der Waals surface area contributed by atoms with Crippen molar-refractivity contribution in [3.8, 4) is 0 Å². The predicted molar refractivity (Wildman–Crippen MR) is 85.1 cm³/mol. The van der Waals surface area contributed by atoms with E-state index < -0.39 is 0 Å². The number of carbonyl (C=O) groups excluding carboxylic acids is 1. The zero-order valence-electron chi connectivity index (χ0n) is 12.2. The van der Waals surface area contributed by atoms with Gasteiger partial charge in [-0.1, -0.05) is 54.6 Å². The maximum atomic E-state index is 12.7. The quantitative estimate of drug-likeness (QED) is 0.725. The first kappa shape index (κ1) is 13.0. The minimum atomic E-state index is 0.0508. The molecule has 0 atom stereocenters. The lowest BCUT2D eigenvalue weighted by atomic mass is 10.0. The molecule has 0 aliphatic heterocycles. The summed E-state index contributed by atoms with van der Waals surface area (Å²) in [7, 11) is 0. The molecule has 108 valence electrons. The second kappa shape index (κ2) is 5.26. The summed E-state index contributed by atoms with van der Waals surface area (Å²) in [5, 5.41) is 4.55. The number of ketones is 1. The van der Waals surface area contributed by atoms with E-state index in [0.29, 0.717) is 12.2 Å². The lowest BCUT2D eigenvalue weighted by Gasteiger charge is -2.04. The summed E-state index contributed by atoms with van der Waals surface area (Å²) in [6.07, 6.45) is 3.78. The summed E-state index contributed by atoms with van der Waals surface area (Å²) >= 11 is 0. The molecule has 0 radical (unpaired) electrons. The van der Waals surface area contributed by atoms with E-state index in [1.54, 1.807) is 0 Å². The van der Waals surface area contributed by atoms with Crippen molar-refractivity contribution in [2.24, 2.45) is 0 Å². The minimum Gasteiger partial charge on any atom is -0.287 e. The molecule has 1 aliphatic rings. The van der Waals surface area contributed by atoms with Gasteiger partial charge in [0.25, 0.3) is 0 Å². The Morgan fingerprint density at radius 2 is 1.64 bits per heavy atom. The molecule has 1 aliphatic carbocycles. The maximum Gasteiger partial charge on any atom is 0.213 e. The molecule has 0 fully saturated rings. The number of fused-ring (bicyclic) bond motifs is 2. The van der Waals surface area contributed by atoms with Crippen LogP contribution in [0.4, 0.5) is 0 Å². The van der Waals surface area contributed by atoms with Crippen LogP contribution in [0.3, 0.4) is 0 Å². The molecule has 0 bridgehead atoms. The fraction of sp³-hybridized carbons (Fsp3) is 0.158. The van der Waals surface area contributed by atoms with Gasteiger partial charge in [0.1, 0.15) is 5.69 Å². The minimum absolute atomic E-state index is 0.0508. The fourth-order valence-electron chi connectivity index (χ4n) is 3.04. The molecule has 0 saturated carbocycles. The van der Waals surface area contributed by atoms with E-state index in [4.69, 9.17) is 0 Å². The lowest BCUT2D eigenvalue weighted by Crippen LogP contribution is -2.07. The largest absolute Gasteiger partial charge is 0.287 e. The molecule has 0 unspecified atom stereocenters. The normalized spacial score (nSPS) is 13.4. The maximum absolute atomic E-state index is 12.7. The van der Waals surface area contributed by atoms with E-state index in [0.717, 1.165) is 29.5 Å². The predicted octanol–water partition coefficient (Wildman–Crippen LogP) is 3.26. The van der Waals surface area contributed by atoms with Gasteiger partial charge >= 0.3 is 0 Å². The van der Waals surface area contributed by atoms with Crippen molar-refractivity contribution in [1.29, 1.82) is 0 Å². The highest BCUT2D eigenvalue weighted by atomic mass is 16.1. The zero-order chi connectivity index (χ0) is 14.9. The van der Waals surface area contributed by atoms with Gasteiger partial charge in [-0.05, 0) is 24.0 Å². The number of aromatic nitrogens is 2. The molecule has 1 heterocycles. The third-order valence-corrected chi connectivity index (χ3v) is 4.17. The van der Waals surface area contributed by atoms with Crippen molar-refractivity contribution in [2.45, 2.75) is 19.4 Å². The Morgan fingerprint density at radius 3 is 2.50 bits per heavy atom. The molecule has 0 spiro atoms. The van der Waals surface area contributed by atoms with E-state index in [1.165, 1.54) is 5.56 Å². The number of benzene rings is 2. The molecular weight excluding hydrogens is 272 g/mol. The van der Waals surface area contributed by atoms with E-state index in [2.05, 4.69) is 17.2 Å². The second-order valence-electron chi connectivity index (χ2n) is 5.67. The third-order valence-electron chi connectivity index (χ3n) is 4.17. The average molecular weight is 288 g/mol. The number of aryl methyl sites for hydroxylation is 2. The molecule has 3 nitrogen and oxygen atoms in total. The average Bonchev–Trinajstić information content (AvgIpc) is 2.91. The van der Waals surface area contributed by atoms with Crippen LogP contribution in [0.1, 0.15) is 32.7 Å². The summed E-state index contributed by atoms with van der Waals surface area (Å²) in [6, 6.07) is 18.0. The monoisotopic (exact) mass is 288 g/mol. The van der Waals surface area contributed by atoms with E-state index >= 15 is 0 Å². The van der Waals surface area contributed by atoms with Gasteiger partial charge in [0.05, 0.1) is 6.54 Å². The number of hydrogen-bond acceptors (Lipinski definition) is 2. The summed E-state index contributed by atoms with van der Waals surface area (Å²) in [5.41, 5.74) is 4.78. The Kier molecular flexibility index (Phi) is 3.11. The summed E-state index contributed by atoms with van der Waals surface area (Å²) in [5.74, 6) is 0.0508. The Bertz CT molecular complexity index is 834. The summed E-state index contributed by atoms with van der Waals surface area (Å²) < 4.78 is 1.88. The van der Waals surface area contributed by atoms with Crippen molar-refractivity contribution in [1.82, 2.24) is 9.78 Å². The molecule has 2 aromatic carbocycles. The molecule has 22 heavy (non-hydrogen) atoms. The lowest BCUT2D eigenvalue weighted by molar-refractivity contribution is 0.103. The first-order valence-electron chi connectivity index (χ1n) is 7.54. The van der Waals surface area contributed by atoms with Crippen molar-refractivity contribution in [3.63, 3.8) is 0 Å². The van der Waals surface area contributed by atoms with Gasteiger partial charge in [-0.3, -0.25) is 9.48 Å².